The number of anilines is 3. The molecule has 0 unspecified atom stereocenters. The predicted molar refractivity (Wildman–Crippen MR) is 134 cm³/mol. The highest BCUT2D eigenvalue weighted by molar-refractivity contribution is 5.82. The fourth-order valence-electron chi connectivity index (χ4n) is 4.28. The average Bonchev–Trinajstić information content (AvgIpc) is 2.79. The van der Waals surface area contributed by atoms with Crippen LogP contribution in [0.3, 0.4) is 0 Å². The molecule has 0 saturated carbocycles. The molecule has 0 amide bonds. The number of hydrogen-bond donors (Lipinski definition) is 2. The zero-order valence-corrected chi connectivity index (χ0v) is 19.9. The molecule has 1 aromatic carbocycles. The van der Waals surface area contributed by atoms with E-state index in [9.17, 15) is 4.79 Å². The third-order valence-corrected chi connectivity index (χ3v) is 6.32. The van der Waals surface area contributed by atoms with Crippen molar-refractivity contribution in [2.75, 3.05) is 23.3 Å². The van der Waals surface area contributed by atoms with Crippen molar-refractivity contribution >= 4 is 28.7 Å². The number of nitrogens with one attached hydrogen (secondary N) is 2. The molecule has 0 spiro atoms. The van der Waals surface area contributed by atoms with Gasteiger partial charge in [0.05, 0.1) is 22.6 Å². The van der Waals surface area contributed by atoms with Crippen molar-refractivity contribution in [1.29, 1.82) is 0 Å². The van der Waals surface area contributed by atoms with Crippen LogP contribution in [0.5, 0.6) is 0 Å². The fourth-order valence-corrected chi connectivity index (χ4v) is 4.28. The number of aromatic nitrogens is 6. The molecule has 9 heteroatoms. The van der Waals surface area contributed by atoms with Gasteiger partial charge in [0, 0.05) is 36.3 Å². The van der Waals surface area contributed by atoms with Gasteiger partial charge in [0.15, 0.2) is 0 Å². The summed E-state index contributed by atoms with van der Waals surface area (Å²) >= 11 is 0. The molecular formula is C25H28N8O. The summed E-state index contributed by atoms with van der Waals surface area (Å²) in [5.74, 6) is 2.10. The second kappa shape index (κ2) is 8.81. The Morgan fingerprint density at radius 2 is 1.79 bits per heavy atom. The van der Waals surface area contributed by atoms with Gasteiger partial charge in [-0.3, -0.25) is 15.1 Å². The van der Waals surface area contributed by atoms with Crippen molar-refractivity contribution in [1.82, 2.24) is 29.9 Å². The Morgan fingerprint density at radius 3 is 2.56 bits per heavy atom. The summed E-state index contributed by atoms with van der Waals surface area (Å²) in [6.45, 7) is 10.1. The first kappa shape index (κ1) is 21.9. The van der Waals surface area contributed by atoms with Gasteiger partial charge in [-0.1, -0.05) is 18.6 Å². The van der Waals surface area contributed by atoms with Crippen molar-refractivity contribution in [2.45, 2.75) is 40.5 Å². The van der Waals surface area contributed by atoms with E-state index in [1.165, 1.54) is 6.07 Å². The Kier molecular flexibility index (Phi) is 5.69. The molecule has 0 aliphatic carbocycles. The van der Waals surface area contributed by atoms with E-state index in [2.05, 4.69) is 48.1 Å². The zero-order valence-electron chi connectivity index (χ0n) is 19.9. The first-order valence-electron chi connectivity index (χ1n) is 11.6. The summed E-state index contributed by atoms with van der Waals surface area (Å²) in [5, 5.41) is 4.05. The molecule has 1 aliphatic heterocycles. The van der Waals surface area contributed by atoms with Crippen molar-refractivity contribution in [3.63, 3.8) is 0 Å². The normalized spacial score (nSPS) is 14.5. The molecule has 4 aromatic rings. The van der Waals surface area contributed by atoms with Gasteiger partial charge in [0.2, 0.25) is 17.8 Å². The second-order valence-corrected chi connectivity index (χ2v) is 9.10. The fraction of sp³-hybridized carbons (Fsp3) is 0.360. The average molecular weight is 457 g/mol. The summed E-state index contributed by atoms with van der Waals surface area (Å²) in [6, 6.07) is 7.49. The quantitative estimate of drug-likeness (QED) is 0.472. The molecule has 0 radical (unpaired) electrons. The van der Waals surface area contributed by atoms with Crippen molar-refractivity contribution in [2.24, 2.45) is 5.92 Å². The van der Waals surface area contributed by atoms with Crippen molar-refractivity contribution in [3.05, 3.63) is 57.8 Å². The predicted octanol–water partition coefficient (Wildman–Crippen LogP) is 4.08. The highest BCUT2D eigenvalue weighted by atomic mass is 16.1. The number of aromatic amines is 1. The van der Waals surface area contributed by atoms with Crippen LogP contribution in [0.1, 0.15) is 36.7 Å². The molecule has 34 heavy (non-hydrogen) atoms. The molecule has 1 fully saturated rings. The van der Waals surface area contributed by atoms with E-state index in [0.29, 0.717) is 11.6 Å². The van der Waals surface area contributed by atoms with Crippen LogP contribution in [0.15, 0.2) is 35.3 Å². The number of rotatable bonds is 4. The molecule has 0 bridgehead atoms. The summed E-state index contributed by atoms with van der Waals surface area (Å²) in [7, 11) is 0. The van der Waals surface area contributed by atoms with Crippen molar-refractivity contribution < 1.29 is 0 Å². The number of hydrogen-bond acceptors (Lipinski definition) is 8. The molecule has 1 saturated heterocycles. The van der Waals surface area contributed by atoms with Crippen LogP contribution >= 0.6 is 0 Å². The smallest absolute Gasteiger partial charge is 0.252 e. The van der Waals surface area contributed by atoms with Gasteiger partial charge in [-0.2, -0.15) is 0 Å². The van der Waals surface area contributed by atoms with Crippen LogP contribution in [0.25, 0.3) is 22.2 Å². The summed E-state index contributed by atoms with van der Waals surface area (Å²) in [6.07, 6.45) is 4.04. The number of benzene rings is 1. The lowest BCUT2D eigenvalue weighted by Gasteiger charge is -2.30. The van der Waals surface area contributed by atoms with E-state index in [-0.39, 0.29) is 11.5 Å². The maximum atomic E-state index is 12.4. The monoisotopic (exact) mass is 456 g/mol. The number of nitrogens with zero attached hydrogens (tertiary/aromatic N) is 6. The van der Waals surface area contributed by atoms with Crippen LogP contribution in [0.2, 0.25) is 0 Å². The standard InChI is InChI=1S/C25H28N8O/c1-14-7-9-33(10-8-14)25-26-13-19(17(4)28-25)21-12-22(34)31-24(30-21)32-23-27-16(3)18-11-15(2)5-6-20(18)29-23/h5-6,11-14H,7-10H2,1-4H3,(H2,27,29,30,31,32,34). The molecule has 2 N–H and O–H groups in total. The van der Waals surface area contributed by atoms with Gasteiger partial charge in [-0.25, -0.2) is 24.9 Å². The van der Waals surface area contributed by atoms with E-state index in [1.54, 1.807) is 6.20 Å². The van der Waals surface area contributed by atoms with Gasteiger partial charge in [0.25, 0.3) is 5.56 Å². The molecule has 0 atom stereocenters. The SMILES string of the molecule is Cc1ccc2nc(Nc3nc(-c4cnc(N5CCC(C)CC5)nc4C)cc(=O)[nH]3)nc(C)c2c1. The lowest BCUT2D eigenvalue weighted by molar-refractivity contribution is 0.434. The largest absolute Gasteiger partial charge is 0.341 e. The van der Waals surface area contributed by atoms with Gasteiger partial charge in [-0.15, -0.1) is 0 Å². The van der Waals surface area contributed by atoms with Crippen LogP contribution in [0, 0.1) is 26.7 Å². The number of aryl methyl sites for hydroxylation is 3. The Balaban J connectivity index is 1.44. The third kappa shape index (κ3) is 4.46. The zero-order chi connectivity index (χ0) is 23.8. The van der Waals surface area contributed by atoms with E-state index in [1.807, 2.05) is 32.9 Å². The summed E-state index contributed by atoms with van der Waals surface area (Å²) in [4.78, 5) is 40.4. The maximum Gasteiger partial charge on any atom is 0.252 e. The van der Waals surface area contributed by atoms with Gasteiger partial charge >= 0.3 is 0 Å². The first-order chi connectivity index (χ1) is 16.4. The molecule has 1 aliphatic rings. The van der Waals surface area contributed by atoms with Gasteiger partial charge in [0.1, 0.15) is 0 Å². The van der Waals surface area contributed by atoms with Gasteiger partial charge < -0.3 is 4.90 Å². The molecule has 4 heterocycles. The highest BCUT2D eigenvalue weighted by Gasteiger charge is 2.19. The Labute approximate surface area is 197 Å². The maximum absolute atomic E-state index is 12.4. The van der Waals surface area contributed by atoms with Crippen LogP contribution in [-0.4, -0.2) is 43.0 Å². The Morgan fingerprint density at radius 1 is 1.00 bits per heavy atom. The topological polar surface area (TPSA) is 113 Å². The number of fused-ring (bicyclic) bond motifs is 1. The molecule has 9 nitrogen and oxygen atoms in total. The van der Waals surface area contributed by atoms with E-state index in [0.717, 1.165) is 71.2 Å². The van der Waals surface area contributed by atoms with E-state index < -0.39 is 0 Å². The molecule has 3 aromatic heterocycles. The number of H-pyrrole nitrogens is 1. The summed E-state index contributed by atoms with van der Waals surface area (Å²) in [5.41, 5.74) is 4.53. The van der Waals surface area contributed by atoms with E-state index >= 15 is 0 Å². The minimum atomic E-state index is -0.283. The molecule has 174 valence electrons. The van der Waals surface area contributed by atoms with E-state index in [4.69, 9.17) is 4.98 Å². The molecule has 5 rings (SSSR count). The van der Waals surface area contributed by atoms with Crippen molar-refractivity contribution in [3.8, 4) is 11.3 Å². The highest BCUT2D eigenvalue weighted by Crippen LogP contribution is 2.25. The minimum Gasteiger partial charge on any atom is -0.341 e. The lowest BCUT2D eigenvalue weighted by Crippen LogP contribution is -2.34. The number of piperidine rings is 1. The Hall–Kier alpha value is -3.88. The lowest BCUT2D eigenvalue weighted by atomic mass is 10.00. The Bertz CT molecular complexity index is 1420. The first-order valence-corrected chi connectivity index (χ1v) is 11.6. The summed E-state index contributed by atoms with van der Waals surface area (Å²) < 4.78 is 0. The van der Waals surface area contributed by atoms with Crippen LogP contribution < -0.4 is 15.8 Å². The second-order valence-electron chi connectivity index (χ2n) is 9.10. The minimum absolute atomic E-state index is 0.266. The van der Waals surface area contributed by atoms with Crippen LogP contribution in [-0.2, 0) is 0 Å². The van der Waals surface area contributed by atoms with Gasteiger partial charge in [-0.05, 0) is 51.7 Å². The molecular weight excluding hydrogens is 428 g/mol. The third-order valence-electron chi connectivity index (χ3n) is 6.32. The van der Waals surface area contributed by atoms with Crippen LogP contribution in [0.4, 0.5) is 17.8 Å².